The summed E-state index contributed by atoms with van der Waals surface area (Å²) in [6, 6.07) is 0.878. The fourth-order valence-corrected chi connectivity index (χ4v) is 2.67. The van der Waals surface area contributed by atoms with E-state index >= 15 is 0 Å². The van der Waals surface area contributed by atoms with Gasteiger partial charge in [-0.1, -0.05) is 6.92 Å². The fraction of sp³-hybridized carbons (Fsp3) is 1.00. The maximum absolute atomic E-state index is 2.63. The second kappa shape index (κ2) is 2.76. The molecule has 0 aromatic heterocycles. The maximum Gasteiger partial charge on any atom is 0.0226 e. The highest BCUT2D eigenvalue weighted by Crippen LogP contribution is 2.28. The van der Waals surface area contributed by atoms with Crippen molar-refractivity contribution in [3.8, 4) is 0 Å². The molecule has 0 aromatic carbocycles. The van der Waals surface area contributed by atoms with Gasteiger partial charge in [-0.05, 0) is 25.9 Å². The van der Waals surface area contributed by atoms with Crippen LogP contribution in [-0.4, -0.2) is 49.1 Å². The van der Waals surface area contributed by atoms with Crippen LogP contribution in [0.4, 0.5) is 0 Å². The van der Waals surface area contributed by atoms with Crippen molar-refractivity contribution in [2.24, 2.45) is 5.92 Å². The van der Waals surface area contributed by atoms with Crippen molar-refractivity contribution in [3.63, 3.8) is 0 Å². The van der Waals surface area contributed by atoms with Crippen LogP contribution in [0.5, 0.6) is 0 Å². The maximum atomic E-state index is 2.63. The Balaban J connectivity index is 2.02. The Labute approximate surface area is 69.2 Å². The first kappa shape index (κ1) is 7.56. The summed E-state index contributed by atoms with van der Waals surface area (Å²) >= 11 is 0. The molecule has 2 aliphatic heterocycles. The molecule has 0 aromatic rings. The third kappa shape index (κ3) is 1.30. The lowest BCUT2D eigenvalue weighted by Crippen LogP contribution is -2.40. The van der Waals surface area contributed by atoms with Crippen LogP contribution in [0.25, 0.3) is 0 Å². The molecule has 2 rings (SSSR count). The first-order chi connectivity index (χ1) is 5.29. The SMILES string of the molecule is CCN1CC2CC1CN(C)C2. The minimum Gasteiger partial charge on any atom is -0.304 e. The van der Waals surface area contributed by atoms with Crippen molar-refractivity contribution in [3.05, 3.63) is 0 Å². The predicted molar refractivity (Wildman–Crippen MR) is 46.6 cm³/mol. The van der Waals surface area contributed by atoms with E-state index in [-0.39, 0.29) is 0 Å². The van der Waals surface area contributed by atoms with Crippen LogP contribution in [0.15, 0.2) is 0 Å². The van der Waals surface area contributed by atoms with Crippen molar-refractivity contribution in [2.45, 2.75) is 19.4 Å². The quantitative estimate of drug-likeness (QED) is 0.547. The average molecular weight is 154 g/mol. The lowest BCUT2D eigenvalue weighted by molar-refractivity contribution is 0.192. The summed E-state index contributed by atoms with van der Waals surface area (Å²) in [7, 11) is 2.25. The third-order valence-corrected chi connectivity index (χ3v) is 3.11. The molecular weight excluding hydrogens is 136 g/mol. The van der Waals surface area contributed by atoms with Gasteiger partial charge in [0.2, 0.25) is 0 Å². The van der Waals surface area contributed by atoms with Gasteiger partial charge in [-0.2, -0.15) is 0 Å². The number of fused-ring (bicyclic) bond motifs is 2. The molecule has 2 aliphatic rings. The second-order valence-corrected chi connectivity index (χ2v) is 4.06. The average Bonchev–Trinajstić information content (AvgIpc) is 2.25. The van der Waals surface area contributed by atoms with Crippen molar-refractivity contribution in [1.29, 1.82) is 0 Å². The molecular formula is C9H18N2. The predicted octanol–water partition coefficient (Wildman–Crippen LogP) is 0.642. The standard InChI is InChI=1S/C9H18N2/c1-3-11-6-8-4-9(11)7-10(2)5-8/h8-9H,3-7H2,1-2H3. The minimum absolute atomic E-state index is 0.878. The summed E-state index contributed by atoms with van der Waals surface area (Å²) in [5.41, 5.74) is 0. The van der Waals surface area contributed by atoms with Crippen LogP contribution in [0.3, 0.4) is 0 Å². The zero-order valence-electron chi connectivity index (χ0n) is 7.58. The Bertz CT molecular complexity index is 146. The van der Waals surface area contributed by atoms with Crippen molar-refractivity contribution in [2.75, 3.05) is 33.2 Å². The van der Waals surface area contributed by atoms with Crippen molar-refractivity contribution < 1.29 is 0 Å². The Morgan fingerprint density at radius 3 is 2.82 bits per heavy atom. The van der Waals surface area contributed by atoms with E-state index in [1.807, 2.05) is 0 Å². The van der Waals surface area contributed by atoms with Gasteiger partial charge in [0, 0.05) is 25.7 Å². The van der Waals surface area contributed by atoms with E-state index in [2.05, 4.69) is 23.8 Å². The number of hydrogen-bond acceptors (Lipinski definition) is 2. The molecule has 2 atom stereocenters. The molecule has 2 nitrogen and oxygen atoms in total. The van der Waals surface area contributed by atoms with Gasteiger partial charge in [-0.15, -0.1) is 0 Å². The lowest BCUT2D eigenvalue weighted by atomic mass is 10.0. The number of nitrogens with zero attached hydrogens (tertiary/aromatic N) is 2. The topological polar surface area (TPSA) is 6.48 Å². The van der Waals surface area contributed by atoms with Crippen molar-refractivity contribution >= 4 is 0 Å². The Kier molecular flexibility index (Phi) is 1.90. The highest BCUT2D eigenvalue weighted by molar-refractivity contribution is 4.91. The zero-order valence-corrected chi connectivity index (χ0v) is 7.58. The second-order valence-electron chi connectivity index (χ2n) is 4.06. The molecule has 2 bridgehead atoms. The van der Waals surface area contributed by atoms with Crippen LogP contribution in [-0.2, 0) is 0 Å². The smallest absolute Gasteiger partial charge is 0.0226 e. The minimum atomic E-state index is 0.878. The van der Waals surface area contributed by atoms with E-state index < -0.39 is 0 Å². The highest BCUT2D eigenvalue weighted by atomic mass is 15.3. The van der Waals surface area contributed by atoms with Crippen molar-refractivity contribution in [1.82, 2.24) is 9.80 Å². The van der Waals surface area contributed by atoms with E-state index in [1.165, 1.54) is 32.6 Å². The molecule has 0 aliphatic carbocycles. The number of likely N-dealkylation sites (tertiary alicyclic amines) is 2. The Morgan fingerprint density at radius 2 is 2.09 bits per heavy atom. The van der Waals surface area contributed by atoms with Gasteiger partial charge in [0.1, 0.15) is 0 Å². The number of rotatable bonds is 1. The lowest BCUT2D eigenvalue weighted by Gasteiger charge is -2.29. The van der Waals surface area contributed by atoms with Gasteiger partial charge in [0.05, 0.1) is 0 Å². The Hall–Kier alpha value is -0.0800. The highest BCUT2D eigenvalue weighted by Gasteiger charge is 2.35. The van der Waals surface area contributed by atoms with Crippen LogP contribution >= 0.6 is 0 Å². The molecule has 0 radical (unpaired) electrons. The van der Waals surface area contributed by atoms with Crippen LogP contribution in [0.2, 0.25) is 0 Å². The zero-order chi connectivity index (χ0) is 7.84. The molecule has 2 heterocycles. The van der Waals surface area contributed by atoms with E-state index in [9.17, 15) is 0 Å². The Morgan fingerprint density at radius 1 is 1.27 bits per heavy atom. The number of piperidine rings is 1. The summed E-state index contributed by atoms with van der Waals surface area (Å²) in [6.45, 7) is 7.50. The molecule has 0 amide bonds. The van der Waals surface area contributed by atoms with Gasteiger partial charge in [-0.3, -0.25) is 4.90 Å². The molecule has 64 valence electrons. The molecule has 2 heteroatoms. The third-order valence-electron chi connectivity index (χ3n) is 3.11. The van der Waals surface area contributed by atoms with E-state index in [4.69, 9.17) is 0 Å². The molecule has 0 spiro atoms. The van der Waals surface area contributed by atoms with E-state index in [0.717, 1.165) is 12.0 Å². The summed E-state index contributed by atoms with van der Waals surface area (Å²) in [6.07, 6.45) is 1.46. The molecule has 2 fully saturated rings. The van der Waals surface area contributed by atoms with Gasteiger partial charge >= 0.3 is 0 Å². The van der Waals surface area contributed by atoms with Gasteiger partial charge in [0.25, 0.3) is 0 Å². The summed E-state index contributed by atoms with van der Waals surface area (Å²) in [5.74, 6) is 0.971. The first-order valence-corrected chi connectivity index (χ1v) is 4.72. The summed E-state index contributed by atoms with van der Waals surface area (Å²) in [5, 5.41) is 0. The number of hydrogen-bond donors (Lipinski definition) is 0. The molecule has 11 heavy (non-hydrogen) atoms. The summed E-state index contributed by atoms with van der Waals surface area (Å²) in [4.78, 5) is 5.11. The van der Waals surface area contributed by atoms with E-state index in [0.29, 0.717) is 0 Å². The largest absolute Gasteiger partial charge is 0.304 e. The van der Waals surface area contributed by atoms with Gasteiger partial charge < -0.3 is 4.90 Å². The first-order valence-electron chi connectivity index (χ1n) is 4.72. The molecule has 2 unspecified atom stereocenters. The number of likely N-dealkylation sites (N-methyl/N-ethyl adjacent to an activating group) is 2. The molecule has 0 saturated carbocycles. The van der Waals surface area contributed by atoms with Gasteiger partial charge in [0.15, 0.2) is 0 Å². The molecule has 0 N–H and O–H groups in total. The monoisotopic (exact) mass is 154 g/mol. The van der Waals surface area contributed by atoms with Gasteiger partial charge in [-0.25, -0.2) is 0 Å². The fourth-order valence-electron chi connectivity index (χ4n) is 2.67. The van der Waals surface area contributed by atoms with Crippen LogP contribution < -0.4 is 0 Å². The molecule has 2 saturated heterocycles. The normalized spacial score (nSPS) is 39.8. The van der Waals surface area contributed by atoms with E-state index in [1.54, 1.807) is 0 Å². The van der Waals surface area contributed by atoms with Crippen LogP contribution in [0.1, 0.15) is 13.3 Å². The van der Waals surface area contributed by atoms with Crippen LogP contribution in [0, 0.1) is 5.92 Å². The summed E-state index contributed by atoms with van der Waals surface area (Å²) < 4.78 is 0.